The molecule has 0 amide bonds. The van der Waals surface area contributed by atoms with Gasteiger partial charge in [-0.1, -0.05) is 139 Å². The van der Waals surface area contributed by atoms with Gasteiger partial charge in [0.15, 0.2) is 5.52 Å². The number of allylic oxidation sites excluding steroid dienone is 8. The van der Waals surface area contributed by atoms with E-state index in [1.807, 2.05) is 0 Å². The smallest absolute Gasteiger partial charge is 0.178 e. The van der Waals surface area contributed by atoms with Crippen molar-refractivity contribution in [1.29, 1.82) is 0 Å². The molecule has 2 unspecified atom stereocenters. The quantitative estimate of drug-likeness (QED) is 0.0406. The Labute approximate surface area is 279 Å². The first-order valence-electron chi connectivity index (χ1n) is 18.4. The molecule has 0 bridgehead atoms. The van der Waals surface area contributed by atoms with Gasteiger partial charge in [-0.15, -0.1) is 0 Å². The zero-order valence-electron chi connectivity index (χ0n) is 28.9. The lowest BCUT2D eigenvalue weighted by Crippen LogP contribution is -2.17. The zero-order chi connectivity index (χ0) is 32.9. The maximum Gasteiger partial charge on any atom is 0.178 e. The topological polar surface area (TPSA) is 83.8 Å². The lowest BCUT2D eigenvalue weighted by molar-refractivity contribution is -0.119. The molecule has 5 nitrogen and oxygen atoms in total. The van der Waals surface area contributed by atoms with Crippen LogP contribution in [-0.4, -0.2) is 40.8 Å². The van der Waals surface area contributed by atoms with E-state index in [1.54, 1.807) is 0 Å². The van der Waals surface area contributed by atoms with Gasteiger partial charge in [0.05, 0.1) is 22.0 Å². The number of hydrogen-bond acceptors (Lipinski definition) is 5. The van der Waals surface area contributed by atoms with Crippen molar-refractivity contribution in [3.8, 4) is 0 Å². The number of rotatable bonds is 35. The van der Waals surface area contributed by atoms with Crippen LogP contribution in [0.15, 0.2) is 48.6 Å². The van der Waals surface area contributed by atoms with Crippen LogP contribution < -0.4 is 0 Å². The van der Waals surface area contributed by atoms with Crippen LogP contribution in [0.1, 0.15) is 167 Å². The Morgan fingerprint density at radius 1 is 0.578 bits per heavy atom. The first-order chi connectivity index (χ1) is 22.1. The molecule has 2 atom stereocenters. The van der Waals surface area contributed by atoms with Crippen LogP contribution in [0.4, 0.5) is 0 Å². The largest absolute Gasteiger partial charge is 0.394 e. The van der Waals surface area contributed by atoms with E-state index in [9.17, 15) is 9.59 Å². The van der Waals surface area contributed by atoms with E-state index in [0.29, 0.717) is 12.2 Å². The van der Waals surface area contributed by atoms with Crippen LogP contribution in [0.5, 0.6) is 0 Å². The fourth-order valence-electron chi connectivity index (χ4n) is 4.98. The maximum atomic E-state index is 12.1. The molecule has 0 spiro atoms. The molecule has 45 heavy (non-hydrogen) atoms. The van der Waals surface area contributed by atoms with E-state index in [1.165, 1.54) is 83.5 Å². The van der Waals surface area contributed by atoms with Crippen molar-refractivity contribution in [2.24, 2.45) is 0 Å². The molecular formula is C39H69O5P. The standard InChI is InChI=1S/C39H69O5P/c1-2-3-4-5-6-7-8-14-17-20-23-26-29-32-37(41)33-30-27-24-21-18-15-12-10-9-11-13-16-19-22-25-28-31-34-39(43)45-44-36-38(42)35-40/h9-10,13,15-16,18,22,25,38,40,42,45H,2-8,11-12,14,17,19-21,23-24,26-36H2,1H3. The molecule has 0 rings (SSSR count). The van der Waals surface area contributed by atoms with Crippen molar-refractivity contribution in [2.75, 3.05) is 13.2 Å². The number of unbranched alkanes of at least 4 members (excludes halogenated alkanes) is 16. The predicted octanol–water partition coefficient (Wildman–Crippen LogP) is 11.0. The average Bonchev–Trinajstić information content (AvgIpc) is 3.04. The molecule has 0 heterocycles. The van der Waals surface area contributed by atoms with Crippen molar-refractivity contribution < 1.29 is 24.3 Å². The second-order valence-electron chi connectivity index (χ2n) is 12.3. The first-order valence-corrected chi connectivity index (χ1v) is 19.3. The number of aliphatic hydroxyl groups excluding tert-OH is 2. The van der Waals surface area contributed by atoms with Crippen molar-refractivity contribution in [3.05, 3.63) is 48.6 Å². The van der Waals surface area contributed by atoms with Gasteiger partial charge in [-0.2, -0.15) is 0 Å². The summed E-state index contributed by atoms with van der Waals surface area (Å²) in [6, 6.07) is 0. The summed E-state index contributed by atoms with van der Waals surface area (Å²) >= 11 is 0. The van der Waals surface area contributed by atoms with Gasteiger partial charge in [0.25, 0.3) is 0 Å². The Morgan fingerprint density at radius 2 is 1.00 bits per heavy atom. The van der Waals surface area contributed by atoms with E-state index in [0.717, 1.165) is 70.6 Å². The van der Waals surface area contributed by atoms with Gasteiger partial charge >= 0.3 is 0 Å². The number of Topliss-reactive ketones (excluding diaryl/α,β-unsaturated/α-hetero) is 1. The van der Waals surface area contributed by atoms with Gasteiger partial charge in [0.1, 0.15) is 11.9 Å². The molecule has 0 aliphatic rings. The molecule has 6 heteroatoms. The number of ketones is 1. The Hall–Kier alpha value is -1.39. The second kappa shape index (κ2) is 37.1. The van der Waals surface area contributed by atoms with Gasteiger partial charge < -0.3 is 14.7 Å². The Kier molecular flexibility index (Phi) is 35.9. The SMILES string of the molecule is CCCCCCCCCCCCCCCC(=O)CCCCCC=CCC=CCC=CCC=CCCCC(=O)POCC(O)CO. The van der Waals surface area contributed by atoms with Crippen LogP contribution in [0.2, 0.25) is 0 Å². The predicted molar refractivity (Wildman–Crippen MR) is 195 cm³/mol. The van der Waals surface area contributed by atoms with Crippen molar-refractivity contribution in [2.45, 2.75) is 174 Å². The highest BCUT2D eigenvalue weighted by atomic mass is 31.1. The minimum absolute atomic E-state index is 0.00329. The third-order valence-electron chi connectivity index (χ3n) is 7.82. The summed E-state index contributed by atoms with van der Waals surface area (Å²) in [5.41, 5.74) is 0.0495. The van der Waals surface area contributed by atoms with Gasteiger partial charge in [-0.3, -0.25) is 9.59 Å². The second-order valence-corrected chi connectivity index (χ2v) is 13.3. The van der Waals surface area contributed by atoms with Crippen molar-refractivity contribution >= 4 is 20.1 Å². The minimum atomic E-state index is -0.910. The van der Waals surface area contributed by atoms with Gasteiger partial charge in [-0.25, -0.2) is 0 Å². The van der Waals surface area contributed by atoms with Crippen LogP contribution in [-0.2, 0) is 14.1 Å². The maximum absolute atomic E-state index is 12.1. The monoisotopic (exact) mass is 648 g/mol. The molecule has 0 fully saturated rings. The average molecular weight is 649 g/mol. The summed E-state index contributed by atoms with van der Waals surface area (Å²) in [5.74, 6) is 0.467. The van der Waals surface area contributed by atoms with Gasteiger partial charge in [0, 0.05) is 19.3 Å². The van der Waals surface area contributed by atoms with E-state index >= 15 is 0 Å². The van der Waals surface area contributed by atoms with Crippen LogP contribution in [0, 0.1) is 0 Å². The van der Waals surface area contributed by atoms with E-state index in [2.05, 4.69) is 55.5 Å². The first kappa shape index (κ1) is 43.6. The van der Waals surface area contributed by atoms with Crippen molar-refractivity contribution in [1.82, 2.24) is 0 Å². The summed E-state index contributed by atoms with van der Waals surface area (Å²) in [5, 5.41) is 17.9. The highest BCUT2D eigenvalue weighted by Gasteiger charge is 2.05. The summed E-state index contributed by atoms with van der Waals surface area (Å²) in [7, 11) is -0.256. The number of carbonyl (C=O) groups excluding carboxylic acids is 2. The van der Waals surface area contributed by atoms with E-state index in [-0.39, 0.29) is 27.5 Å². The summed E-state index contributed by atoms with van der Waals surface area (Å²) < 4.78 is 5.09. The number of carbonyl (C=O) groups is 2. The summed E-state index contributed by atoms with van der Waals surface area (Å²) in [6.07, 6.45) is 45.1. The van der Waals surface area contributed by atoms with Gasteiger partial charge in [0.2, 0.25) is 0 Å². The minimum Gasteiger partial charge on any atom is -0.394 e. The summed E-state index contributed by atoms with van der Waals surface area (Å²) in [4.78, 5) is 23.8. The molecule has 0 aliphatic carbocycles. The molecule has 0 radical (unpaired) electrons. The lowest BCUT2D eigenvalue weighted by Gasteiger charge is -2.06. The third-order valence-corrected chi connectivity index (χ3v) is 8.60. The molecule has 0 aromatic carbocycles. The fraction of sp³-hybridized carbons (Fsp3) is 0.744. The van der Waals surface area contributed by atoms with Crippen molar-refractivity contribution in [3.63, 3.8) is 0 Å². The van der Waals surface area contributed by atoms with E-state index in [4.69, 9.17) is 14.7 Å². The molecule has 0 aliphatic heterocycles. The van der Waals surface area contributed by atoms with Crippen LogP contribution >= 0.6 is 8.81 Å². The molecule has 2 N–H and O–H groups in total. The molecule has 0 saturated heterocycles. The lowest BCUT2D eigenvalue weighted by atomic mass is 10.0. The number of aliphatic hydroxyl groups is 2. The van der Waals surface area contributed by atoms with E-state index < -0.39 is 6.10 Å². The fourth-order valence-corrected chi connectivity index (χ4v) is 5.69. The molecular weight excluding hydrogens is 579 g/mol. The van der Waals surface area contributed by atoms with Crippen LogP contribution in [0.3, 0.4) is 0 Å². The van der Waals surface area contributed by atoms with Gasteiger partial charge in [-0.05, 0) is 57.8 Å². The molecule has 260 valence electrons. The highest BCUT2D eigenvalue weighted by Crippen LogP contribution is 2.18. The molecule has 0 aromatic rings. The number of hydrogen-bond donors (Lipinski definition) is 2. The highest BCUT2D eigenvalue weighted by molar-refractivity contribution is 7.53. The molecule has 0 aromatic heterocycles. The van der Waals surface area contributed by atoms with Crippen LogP contribution in [0.25, 0.3) is 0 Å². The Morgan fingerprint density at radius 3 is 1.49 bits per heavy atom. The Bertz CT molecular complexity index is 773. The third kappa shape index (κ3) is 36.9. The normalized spacial score (nSPS) is 13.1. The summed E-state index contributed by atoms with van der Waals surface area (Å²) in [6.45, 7) is 1.93. The molecule has 0 saturated carbocycles. The Balaban J connectivity index is 3.43. The zero-order valence-corrected chi connectivity index (χ0v) is 29.9.